The summed E-state index contributed by atoms with van der Waals surface area (Å²) in [4.78, 5) is 0. The van der Waals surface area contributed by atoms with Crippen molar-refractivity contribution in [3.8, 4) is 0 Å². The maximum absolute atomic E-state index is 13.4. The van der Waals surface area contributed by atoms with E-state index in [1.807, 2.05) is 19.1 Å². The molecule has 118 valence electrons. The van der Waals surface area contributed by atoms with Crippen LogP contribution in [0, 0.1) is 12.7 Å². The summed E-state index contributed by atoms with van der Waals surface area (Å²) in [5.41, 5.74) is 1.93. The van der Waals surface area contributed by atoms with E-state index in [1.165, 1.54) is 18.4 Å². The molecule has 1 fully saturated rings. The molecule has 0 amide bonds. The SMILES string of the molecule is CCCNC(CCCC1CCCO1)c1ccc(F)c(C)c1. The second-order valence-electron chi connectivity index (χ2n) is 6.08. The molecule has 0 aliphatic carbocycles. The van der Waals surface area contributed by atoms with Gasteiger partial charge in [0.1, 0.15) is 5.82 Å². The van der Waals surface area contributed by atoms with Crippen molar-refractivity contribution in [1.29, 1.82) is 0 Å². The zero-order chi connectivity index (χ0) is 15.1. The Morgan fingerprint density at radius 1 is 1.43 bits per heavy atom. The van der Waals surface area contributed by atoms with Gasteiger partial charge in [0.05, 0.1) is 6.10 Å². The third-order valence-corrected chi connectivity index (χ3v) is 4.27. The number of benzene rings is 1. The first-order chi connectivity index (χ1) is 10.2. The predicted molar refractivity (Wildman–Crippen MR) is 85.0 cm³/mol. The Kier molecular flexibility index (Phi) is 6.65. The fourth-order valence-corrected chi connectivity index (χ4v) is 3.01. The third-order valence-electron chi connectivity index (χ3n) is 4.27. The molecule has 3 heteroatoms. The summed E-state index contributed by atoms with van der Waals surface area (Å²) < 4.78 is 19.1. The van der Waals surface area contributed by atoms with Crippen molar-refractivity contribution >= 4 is 0 Å². The minimum absolute atomic E-state index is 0.118. The van der Waals surface area contributed by atoms with E-state index in [2.05, 4.69) is 12.2 Å². The topological polar surface area (TPSA) is 21.3 Å². The van der Waals surface area contributed by atoms with Crippen LogP contribution >= 0.6 is 0 Å². The molecular formula is C18H28FNO. The van der Waals surface area contributed by atoms with Crippen molar-refractivity contribution < 1.29 is 9.13 Å². The predicted octanol–water partition coefficient (Wildman–Crippen LogP) is 4.52. The lowest BCUT2D eigenvalue weighted by Gasteiger charge is -2.20. The third kappa shape index (κ3) is 5.08. The summed E-state index contributed by atoms with van der Waals surface area (Å²) in [6.45, 7) is 5.94. The number of hydrogen-bond acceptors (Lipinski definition) is 2. The van der Waals surface area contributed by atoms with Gasteiger partial charge < -0.3 is 10.1 Å². The van der Waals surface area contributed by atoms with Gasteiger partial charge in [0.25, 0.3) is 0 Å². The molecule has 1 aromatic rings. The van der Waals surface area contributed by atoms with E-state index in [0.29, 0.717) is 12.1 Å². The molecule has 1 heterocycles. The lowest BCUT2D eigenvalue weighted by molar-refractivity contribution is 0.101. The largest absolute Gasteiger partial charge is 0.378 e. The van der Waals surface area contributed by atoms with E-state index < -0.39 is 0 Å². The van der Waals surface area contributed by atoms with Crippen LogP contribution in [0.4, 0.5) is 4.39 Å². The van der Waals surface area contributed by atoms with Gasteiger partial charge in [-0.3, -0.25) is 0 Å². The molecule has 2 rings (SSSR count). The standard InChI is InChI=1S/C18H28FNO/c1-3-11-20-18(8-4-6-16-7-5-12-21-16)15-9-10-17(19)14(2)13-15/h9-10,13,16,18,20H,3-8,11-12H2,1-2H3. The van der Waals surface area contributed by atoms with Crippen LogP contribution in [0.15, 0.2) is 18.2 Å². The molecule has 1 aliphatic heterocycles. The normalized spacial score (nSPS) is 19.9. The molecule has 1 aliphatic rings. The number of hydrogen-bond donors (Lipinski definition) is 1. The second-order valence-corrected chi connectivity index (χ2v) is 6.08. The Bertz CT molecular complexity index is 429. The maximum Gasteiger partial charge on any atom is 0.126 e. The zero-order valence-electron chi connectivity index (χ0n) is 13.3. The minimum atomic E-state index is -0.118. The first-order valence-electron chi connectivity index (χ1n) is 8.31. The van der Waals surface area contributed by atoms with Crippen LogP contribution in [0.3, 0.4) is 0 Å². The Morgan fingerprint density at radius 2 is 2.29 bits per heavy atom. The van der Waals surface area contributed by atoms with Gasteiger partial charge in [-0.1, -0.05) is 19.1 Å². The average Bonchev–Trinajstić information content (AvgIpc) is 2.99. The van der Waals surface area contributed by atoms with Crippen molar-refractivity contribution in [3.05, 3.63) is 35.1 Å². The van der Waals surface area contributed by atoms with Crippen LogP contribution in [0.2, 0.25) is 0 Å². The Morgan fingerprint density at radius 3 is 2.95 bits per heavy atom. The highest BCUT2D eigenvalue weighted by molar-refractivity contribution is 5.26. The Hall–Kier alpha value is -0.930. The van der Waals surface area contributed by atoms with Crippen molar-refractivity contribution in [2.75, 3.05) is 13.2 Å². The highest BCUT2D eigenvalue weighted by Crippen LogP contribution is 2.24. The van der Waals surface area contributed by atoms with E-state index >= 15 is 0 Å². The number of aryl methyl sites for hydroxylation is 1. The van der Waals surface area contributed by atoms with Crippen LogP contribution in [-0.2, 0) is 4.74 Å². The van der Waals surface area contributed by atoms with Crippen molar-refractivity contribution in [1.82, 2.24) is 5.32 Å². The van der Waals surface area contributed by atoms with Gasteiger partial charge in [0, 0.05) is 12.6 Å². The van der Waals surface area contributed by atoms with Crippen molar-refractivity contribution in [3.63, 3.8) is 0 Å². The van der Waals surface area contributed by atoms with Crippen molar-refractivity contribution in [2.45, 2.75) is 64.5 Å². The highest BCUT2D eigenvalue weighted by atomic mass is 19.1. The average molecular weight is 293 g/mol. The monoisotopic (exact) mass is 293 g/mol. The smallest absolute Gasteiger partial charge is 0.126 e. The number of ether oxygens (including phenoxy) is 1. The first-order valence-corrected chi connectivity index (χ1v) is 8.31. The first kappa shape index (κ1) is 16.4. The summed E-state index contributed by atoms with van der Waals surface area (Å²) in [6, 6.07) is 5.81. The van der Waals surface area contributed by atoms with Gasteiger partial charge in [0.2, 0.25) is 0 Å². The Labute approximate surface area is 128 Å². The molecule has 2 unspecified atom stereocenters. The molecule has 0 radical (unpaired) electrons. The second kappa shape index (κ2) is 8.50. The molecule has 2 nitrogen and oxygen atoms in total. The summed E-state index contributed by atoms with van der Waals surface area (Å²) in [7, 11) is 0. The van der Waals surface area contributed by atoms with Crippen LogP contribution in [0.1, 0.15) is 62.6 Å². The molecule has 0 saturated carbocycles. The summed E-state index contributed by atoms with van der Waals surface area (Å²) in [5, 5.41) is 3.59. The minimum Gasteiger partial charge on any atom is -0.378 e. The van der Waals surface area contributed by atoms with Gasteiger partial charge in [-0.05, 0) is 69.2 Å². The molecule has 0 aromatic heterocycles. The van der Waals surface area contributed by atoms with E-state index in [1.54, 1.807) is 6.07 Å². The van der Waals surface area contributed by atoms with Gasteiger partial charge in [-0.15, -0.1) is 0 Å². The van der Waals surface area contributed by atoms with Crippen LogP contribution in [-0.4, -0.2) is 19.3 Å². The van der Waals surface area contributed by atoms with Crippen molar-refractivity contribution in [2.24, 2.45) is 0 Å². The Balaban J connectivity index is 1.90. The summed E-state index contributed by atoms with van der Waals surface area (Å²) in [6.07, 6.45) is 7.38. The van der Waals surface area contributed by atoms with Crippen LogP contribution < -0.4 is 5.32 Å². The van der Waals surface area contributed by atoms with Gasteiger partial charge in [-0.2, -0.15) is 0 Å². The number of halogens is 1. The van der Waals surface area contributed by atoms with Crippen LogP contribution in [0.5, 0.6) is 0 Å². The van der Waals surface area contributed by atoms with E-state index in [-0.39, 0.29) is 5.82 Å². The molecule has 1 aromatic carbocycles. The number of nitrogens with one attached hydrogen (secondary N) is 1. The lowest BCUT2D eigenvalue weighted by Crippen LogP contribution is -2.22. The van der Waals surface area contributed by atoms with Crippen LogP contribution in [0.25, 0.3) is 0 Å². The van der Waals surface area contributed by atoms with E-state index in [9.17, 15) is 4.39 Å². The fraction of sp³-hybridized carbons (Fsp3) is 0.667. The summed E-state index contributed by atoms with van der Waals surface area (Å²) in [5.74, 6) is -0.118. The van der Waals surface area contributed by atoms with Gasteiger partial charge in [-0.25, -0.2) is 4.39 Å². The molecule has 0 spiro atoms. The fourth-order valence-electron chi connectivity index (χ4n) is 3.01. The maximum atomic E-state index is 13.4. The van der Waals surface area contributed by atoms with E-state index in [4.69, 9.17) is 4.74 Å². The molecular weight excluding hydrogens is 265 g/mol. The molecule has 0 bridgehead atoms. The molecule has 21 heavy (non-hydrogen) atoms. The number of rotatable bonds is 8. The summed E-state index contributed by atoms with van der Waals surface area (Å²) >= 11 is 0. The quantitative estimate of drug-likeness (QED) is 0.760. The zero-order valence-corrected chi connectivity index (χ0v) is 13.3. The molecule has 1 saturated heterocycles. The van der Waals surface area contributed by atoms with Gasteiger partial charge in [0.15, 0.2) is 0 Å². The molecule has 1 N–H and O–H groups in total. The highest BCUT2D eigenvalue weighted by Gasteiger charge is 2.17. The van der Waals surface area contributed by atoms with Gasteiger partial charge >= 0.3 is 0 Å². The van der Waals surface area contributed by atoms with E-state index in [0.717, 1.165) is 44.4 Å². The molecule has 2 atom stereocenters. The lowest BCUT2D eigenvalue weighted by atomic mass is 9.97.